The Morgan fingerprint density at radius 1 is 0.424 bits per heavy atom. The number of nitrogens with zero attached hydrogens (tertiary/aromatic N) is 1. The minimum absolute atomic E-state index is 0.0220. The molecule has 2 aliphatic carbocycles. The summed E-state index contributed by atoms with van der Waals surface area (Å²) in [6.07, 6.45) is 2.28. The van der Waals surface area contributed by atoms with Gasteiger partial charge in [-0.2, -0.15) is 0 Å². The molecule has 59 heavy (non-hydrogen) atoms. The molecule has 0 fully saturated rings. The van der Waals surface area contributed by atoms with Crippen molar-refractivity contribution >= 4 is 39.0 Å². The smallest absolute Gasteiger partial charge is 0.137 e. The van der Waals surface area contributed by atoms with Gasteiger partial charge in [0.15, 0.2) is 0 Å². The Kier molecular flexibility index (Phi) is 7.94. The predicted octanol–water partition coefficient (Wildman–Crippen LogP) is 15.4. The molecule has 0 aliphatic heterocycles. The van der Waals surface area contributed by atoms with Gasteiger partial charge in [0.25, 0.3) is 0 Å². The average molecular weight is 762 g/mol. The van der Waals surface area contributed by atoms with Gasteiger partial charge in [-0.05, 0) is 116 Å². The molecule has 9 aromatic rings. The van der Waals surface area contributed by atoms with Gasteiger partial charge in [0.05, 0.1) is 22.2 Å². The summed E-state index contributed by atoms with van der Waals surface area (Å²) in [5, 5.41) is 2.22. The summed E-state index contributed by atoms with van der Waals surface area (Å²) >= 11 is 0. The van der Waals surface area contributed by atoms with Gasteiger partial charge in [0.1, 0.15) is 11.2 Å². The Morgan fingerprint density at radius 3 is 1.75 bits per heavy atom. The van der Waals surface area contributed by atoms with Crippen molar-refractivity contribution < 1.29 is 4.42 Å². The van der Waals surface area contributed by atoms with Crippen LogP contribution in [0.4, 0.5) is 17.1 Å². The maximum Gasteiger partial charge on any atom is 0.137 e. The van der Waals surface area contributed by atoms with Gasteiger partial charge in [0, 0.05) is 16.6 Å². The molecule has 0 amide bonds. The zero-order valence-corrected chi connectivity index (χ0v) is 34.2. The molecule has 0 radical (unpaired) electrons. The van der Waals surface area contributed by atoms with Crippen molar-refractivity contribution in [2.75, 3.05) is 4.90 Å². The molecule has 286 valence electrons. The third-order valence-electron chi connectivity index (χ3n) is 13.6. The van der Waals surface area contributed by atoms with E-state index >= 15 is 0 Å². The number of hydrogen-bond acceptors (Lipinski definition) is 2. The highest BCUT2D eigenvalue weighted by Crippen LogP contribution is 2.60. The summed E-state index contributed by atoms with van der Waals surface area (Å²) < 4.78 is 6.59. The fraction of sp³-hybridized carbons (Fsp3) is 0.158. The van der Waals surface area contributed by atoms with Crippen LogP contribution in [0.25, 0.3) is 44.2 Å². The molecule has 2 aliphatic rings. The second kappa shape index (κ2) is 13.2. The van der Waals surface area contributed by atoms with Crippen molar-refractivity contribution in [3.63, 3.8) is 0 Å². The average Bonchev–Trinajstić information content (AvgIpc) is 3.80. The summed E-state index contributed by atoms with van der Waals surface area (Å²) in [5.41, 5.74) is 17.7. The van der Waals surface area contributed by atoms with E-state index in [4.69, 9.17) is 4.42 Å². The van der Waals surface area contributed by atoms with Crippen molar-refractivity contribution in [3.8, 4) is 22.3 Å². The molecule has 11 rings (SSSR count). The Morgan fingerprint density at radius 2 is 1.00 bits per heavy atom. The second-order valence-corrected chi connectivity index (χ2v) is 17.9. The van der Waals surface area contributed by atoms with Crippen LogP contribution in [0.5, 0.6) is 0 Å². The maximum absolute atomic E-state index is 6.59. The van der Waals surface area contributed by atoms with Crippen LogP contribution in [0.2, 0.25) is 0 Å². The van der Waals surface area contributed by atoms with Crippen molar-refractivity contribution in [1.29, 1.82) is 0 Å². The Balaban J connectivity index is 1.33. The summed E-state index contributed by atoms with van der Waals surface area (Å²) in [7, 11) is 0. The van der Waals surface area contributed by atoms with Gasteiger partial charge in [0.2, 0.25) is 0 Å². The van der Waals surface area contributed by atoms with Crippen molar-refractivity contribution in [2.24, 2.45) is 0 Å². The highest BCUT2D eigenvalue weighted by Gasteiger charge is 2.47. The van der Waals surface area contributed by atoms with Gasteiger partial charge in [-0.1, -0.05) is 173 Å². The molecule has 0 unspecified atom stereocenters. The quantitative estimate of drug-likeness (QED) is 0.168. The van der Waals surface area contributed by atoms with Crippen LogP contribution in [-0.2, 0) is 16.2 Å². The molecule has 2 nitrogen and oxygen atoms in total. The molecule has 1 aromatic heterocycles. The van der Waals surface area contributed by atoms with Crippen LogP contribution < -0.4 is 4.90 Å². The van der Waals surface area contributed by atoms with Crippen LogP contribution in [-0.4, -0.2) is 0 Å². The molecule has 0 N–H and O–H groups in total. The maximum atomic E-state index is 6.59. The standard InChI is InChI=1S/C57H47NO/c1-55(2)34-35-56(3,4)54-42(28-18-30-47(54)55)45-36-44-41-26-14-16-29-46(41)57(38-20-8-5-9-21-38,39-22-10-6-11-23-39)48(44)37-50(45)58(40-24-12-7-13-25-40)49-31-19-33-52-53(49)43-27-15-17-32-51(43)59-52/h5-33,36-37H,34-35H2,1-4H3. The highest BCUT2D eigenvalue weighted by molar-refractivity contribution is 6.14. The summed E-state index contributed by atoms with van der Waals surface area (Å²) in [4.78, 5) is 2.52. The van der Waals surface area contributed by atoms with Crippen molar-refractivity contribution in [3.05, 3.63) is 221 Å². The van der Waals surface area contributed by atoms with Crippen LogP contribution in [0.1, 0.15) is 73.9 Å². The lowest BCUT2D eigenvalue weighted by molar-refractivity contribution is 0.333. The van der Waals surface area contributed by atoms with E-state index in [0.717, 1.165) is 51.8 Å². The fourth-order valence-electron chi connectivity index (χ4n) is 10.8. The Bertz CT molecular complexity index is 3010. The number of rotatable bonds is 6. The van der Waals surface area contributed by atoms with Crippen LogP contribution in [0.15, 0.2) is 192 Å². The van der Waals surface area contributed by atoms with E-state index < -0.39 is 5.41 Å². The Hall–Kier alpha value is -6.64. The van der Waals surface area contributed by atoms with E-state index in [1.807, 2.05) is 0 Å². The first-order valence-corrected chi connectivity index (χ1v) is 21.1. The summed E-state index contributed by atoms with van der Waals surface area (Å²) in [6.45, 7) is 9.77. The molecule has 0 spiro atoms. The molecular formula is C57H47NO. The highest BCUT2D eigenvalue weighted by atomic mass is 16.3. The molecule has 0 saturated heterocycles. The fourth-order valence-corrected chi connectivity index (χ4v) is 10.8. The molecular weight excluding hydrogens is 715 g/mol. The zero-order valence-electron chi connectivity index (χ0n) is 34.2. The molecule has 0 bridgehead atoms. The second-order valence-electron chi connectivity index (χ2n) is 17.9. The molecule has 0 atom stereocenters. The molecule has 0 saturated carbocycles. The van der Waals surface area contributed by atoms with Gasteiger partial charge < -0.3 is 9.32 Å². The van der Waals surface area contributed by atoms with Gasteiger partial charge in [-0.3, -0.25) is 0 Å². The van der Waals surface area contributed by atoms with Crippen molar-refractivity contribution in [1.82, 2.24) is 0 Å². The Labute approximate surface area is 347 Å². The van der Waals surface area contributed by atoms with Gasteiger partial charge in [-0.15, -0.1) is 0 Å². The molecule has 8 aromatic carbocycles. The van der Waals surface area contributed by atoms with E-state index in [0.29, 0.717) is 0 Å². The number of para-hydroxylation sites is 2. The van der Waals surface area contributed by atoms with Crippen LogP contribution >= 0.6 is 0 Å². The SMILES string of the molecule is CC1(C)CCC(C)(C)c2c(-c3cc4c(cc3N(c3ccccc3)c3cccc5oc6ccccc6c35)C(c3ccccc3)(c3ccccc3)c3ccccc3-4)cccc21. The summed E-state index contributed by atoms with van der Waals surface area (Å²) in [5.74, 6) is 0. The molecule has 1 heterocycles. The minimum atomic E-state index is -0.560. The van der Waals surface area contributed by atoms with Gasteiger partial charge in [-0.25, -0.2) is 0 Å². The lowest BCUT2D eigenvalue weighted by Gasteiger charge is -2.43. The zero-order chi connectivity index (χ0) is 39.9. The first-order chi connectivity index (χ1) is 28.8. The first-order valence-electron chi connectivity index (χ1n) is 21.1. The normalized spacial score (nSPS) is 15.7. The van der Waals surface area contributed by atoms with Crippen molar-refractivity contribution in [2.45, 2.75) is 56.8 Å². The van der Waals surface area contributed by atoms with E-state index in [9.17, 15) is 0 Å². The van der Waals surface area contributed by atoms with E-state index in [2.05, 4.69) is 221 Å². The summed E-state index contributed by atoms with van der Waals surface area (Å²) in [6, 6.07) is 69.5. The van der Waals surface area contributed by atoms with E-state index in [1.54, 1.807) is 0 Å². The van der Waals surface area contributed by atoms with E-state index in [1.165, 1.54) is 55.6 Å². The number of furan rings is 1. The number of benzene rings is 8. The topological polar surface area (TPSA) is 16.4 Å². The lowest BCUT2D eigenvalue weighted by Crippen LogP contribution is -2.34. The van der Waals surface area contributed by atoms with Crippen LogP contribution in [0.3, 0.4) is 0 Å². The lowest BCUT2D eigenvalue weighted by atomic mass is 9.61. The number of fused-ring (bicyclic) bond motifs is 7. The monoisotopic (exact) mass is 761 g/mol. The largest absolute Gasteiger partial charge is 0.456 e. The van der Waals surface area contributed by atoms with E-state index in [-0.39, 0.29) is 10.8 Å². The predicted molar refractivity (Wildman–Crippen MR) is 246 cm³/mol. The third-order valence-corrected chi connectivity index (χ3v) is 13.6. The number of anilines is 3. The van der Waals surface area contributed by atoms with Gasteiger partial charge >= 0.3 is 0 Å². The minimum Gasteiger partial charge on any atom is -0.456 e. The van der Waals surface area contributed by atoms with Crippen LogP contribution in [0, 0.1) is 0 Å². The number of hydrogen-bond donors (Lipinski definition) is 0. The first kappa shape index (κ1) is 35.5. The molecule has 2 heteroatoms. The third kappa shape index (κ3) is 5.25.